The minimum atomic E-state index is -0.215. The molecule has 0 radical (unpaired) electrons. The van der Waals surface area contributed by atoms with E-state index >= 15 is 0 Å². The summed E-state index contributed by atoms with van der Waals surface area (Å²) < 4.78 is 10.6. The van der Waals surface area contributed by atoms with Crippen molar-refractivity contribution < 1.29 is 14.3 Å². The van der Waals surface area contributed by atoms with E-state index in [1.807, 2.05) is 12.1 Å². The average Bonchev–Trinajstić information content (AvgIpc) is 2.94. The van der Waals surface area contributed by atoms with Crippen molar-refractivity contribution in [3.8, 4) is 11.5 Å². The lowest BCUT2D eigenvalue weighted by atomic mass is 10.2. The fourth-order valence-corrected chi connectivity index (χ4v) is 3.48. The number of carbonyl (C=O) groups is 1. The quantitative estimate of drug-likeness (QED) is 0.908. The van der Waals surface area contributed by atoms with Crippen LogP contribution in [-0.4, -0.2) is 43.1 Å². The zero-order chi connectivity index (χ0) is 16.2. The lowest BCUT2D eigenvalue weighted by molar-refractivity contribution is -0.118. The zero-order valence-electron chi connectivity index (χ0n) is 13.2. The van der Waals surface area contributed by atoms with E-state index in [9.17, 15) is 4.79 Å². The Balaban J connectivity index is 1.55. The van der Waals surface area contributed by atoms with Crippen LogP contribution in [0, 0.1) is 0 Å². The first-order valence-electron chi connectivity index (χ1n) is 7.38. The second-order valence-corrected chi connectivity index (χ2v) is 6.48. The zero-order valence-corrected chi connectivity index (χ0v) is 14.0. The number of hydrogen-bond donors (Lipinski definition) is 1. The summed E-state index contributed by atoms with van der Waals surface area (Å²) in [4.78, 5) is 20.0. The molecular formula is C16H19N3O3S. The van der Waals surface area contributed by atoms with Crippen molar-refractivity contribution in [2.45, 2.75) is 13.0 Å². The predicted octanol–water partition coefficient (Wildman–Crippen LogP) is 2.16. The molecule has 1 amide bonds. The van der Waals surface area contributed by atoms with E-state index in [0.717, 1.165) is 25.2 Å². The van der Waals surface area contributed by atoms with Gasteiger partial charge in [0.15, 0.2) is 11.7 Å². The van der Waals surface area contributed by atoms with Crippen LogP contribution in [0.4, 0.5) is 5.13 Å². The number of rotatable bonds is 5. The van der Waals surface area contributed by atoms with Crippen LogP contribution in [0.2, 0.25) is 0 Å². The second kappa shape index (κ2) is 6.97. The molecule has 0 spiro atoms. The standard InChI is InChI=1S/C16H19N3O3S/c1-19-7-6-13-14(9-19)23-16(17-13)18-15(20)10-22-12-5-3-4-11(8-12)21-2/h3-5,8H,6-7,9-10H2,1-2H3,(H,17,18,20). The summed E-state index contributed by atoms with van der Waals surface area (Å²) in [5.74, 6) is 1.08. The van der Waals surface area contributed by atoms with Gasteiger partial charge >= 0.3 is 0 Å². The highest BCUT2D eigenvalue weighted by molar-refractivity contribution is 7.15. The first-order valence-corrected chi connectivity index (χ1v) is 8.19. The highest BCUT2D eigenvalue weighted by Gasteiger charge is 2.19. The molecule has 23 heavy (non-hydrogen) atoms. The van der Waals surface area contributed by atoms with Crippen LogP contribution < -0.4 is 14.8 Å². The van der Waals surface area contributed by atoms with E-state index in [4.69, 9.17) is 9.47 Å². The fourth-order valence-electron chi connectivity index (χ4n) is 2.37. The number of nitrogens with zero attached hydrogens (tertiary/aromatic N) is 2. The van der Waals surface area contributed by atoms with E-state index < -0.39 is 0 Å². The molecule has 7 heteroatoms. The van der Waals surface area contributed by atoms with Crippen molar-refractivity contribution in [2.24, 2.45) is 0 Å². The second-order valence-electron chi connectivity index (χ2n) is 5.39. The molecule has 0 fully saturated rings. The lowest BCUT2D eigenvalue weighted by Gasteiger charge is -2.20. The van der Waals surface area contributed by atoms with Gasteiger partial charge in [0, 0.05) is 30.5 Å². The third kappa shape index (κ3) is 4.00. The van der Waals surface area contributed by atoms with E-state index in [1.54, 1.807) is 19.2 Å². The molecule has 1 aromatic carbocycles. The summed E-state index contributed by atoms with van der Waals surface area (Å²) in [6, 6.07) is 7.17. The Labute approximate surface area is 139 Å². The summed E-state index contributed by atoms with van der Waals surface area (Å²) in [5, 5.41) is 3.45. The molecule has 2 heterocycles. The van der Waals surface area contributed by atoms with Gasteiger partial charge in [-0.3, -0.25) is 10.1 Å². The third-order valence-electron chi connectivity index (χ3n) is 3.58. The Morgan fingerprint density at radius 1 is 1.43 bits per heavy atom. The molecule has 0 unspecified atom stereocenters. The summed E-state index contributed by atoms with van der Waals surface area (Å²) in [7, 11) is 3.68. The molecule has 0 aliphatic carbocycles. The van der Waals surface area contributed by atoms with Gasteiger partial charge in [0.05, 0.1) is 12.8 Å². The van der Waals surface area contributed by atoms with Gasteiger partial charge in [-0.2, -0.15) is 0 Å². The van der Waals surface area contributed by atoms with Gasteiger partial charge in [-0.15, -0.1) is 11.3 Å². The Kier molecular flexibility index (Phi) is 4.78. The Bertz CT molecular complexity index is 702. The normalized spacial score (nSPS) is 14.2. The number of methoxy groups -OCH3 is 1. The van der Waals surface area contributed by atoms with Crippen molar-refractivity contribution in [3.05, 3.63) is 34.8 Å². The van der Waals surface area contributed by atoms with Gasteiger partial charge in [-0.05, 0) is 19.2 Å². The van der Waals surface area contributed by atoms with Gasteiger partial charge in [0.2, 0.25) is 0 Å². The van der Waals surface area contributed by atoms with Gasteiger partial charge in [-0.1, -0.05) is 6.07 Å². The van der Waals surface area contributed by atoms with Gasteiger partial charge < -0.3 is 14.4 Å². The molecule has 0 saturated heterocycles. The van der Waals surface area contributed by atoms with E-state index in [2.05, 4.69) is 22.2 Å². The van der Waals surface area contributed by atoms with Gasteiger partial charge in [0.25, 0.3) is 5.91 Å². The number of likely N-dealkylation sites (N-methyl/N-ethyl adjacent to an activating group) is 1. The number of nitrogens with one attached hydrogen (secondary N) is 1. The third-order valence-corrected chi connectivity index (χ3v) is 4.58. The largest absolute Gasteiger partial charge is 0.497 e. The maximum Gasteiger partial charge on any atom is 0.264 e. The number of thiazole rings is 1. The fraction of sp³-hybridized carbons (Fsp3) is 0.375. The van der Waals surface area contributed by atoms with Crippen LogP contribution in [0.25, 0.3) is 0 Å². The summed E-state index contributed by atoms with van der Waals surface area (Å²) in [5.41, 5.74) is 1.09. The minimum absolute atomic E-state index is 0.0582. The summed E-state index contributed by atoms with van der Waals surface area (Å²) >= 11 is 1.53. The highest BCUT2D eigenvalue weighted by Crippen LogP contribution is 2.27. The maximum absolute atomic E-state index is 12.0. The van der Waals surface area contributed by atoms with Crippen molar-refractivity contribution in [1.82, 2.24) is 9.88 Å². The Hall–Kier alpha value is -2.12. The number of amides is 1. The van der Waals surface area contributed by atoms with E-state index in [0.29, 0.717) is 16.6 Å². The van der Waals surface area contributed by atoms with Gasteiger partial charge in [0.1, 0.15) is 11.5 Å². The Morgan fingerprint density at radius 3 is 3.09 bits per heavy atom. The highest BCUT2D eigenvalue weighted by atomic mass is 32.1. The molecule has 0 bridgehead atoms. The first kappa shape index (κ1) is 15.8. The van der Waals surface area contributed by atoms with Crippen molar-refractivity contribution >= 4 is 22.4 Å². The number of fused-ring (bicyclic) bond motifs is 1. The maximum atomic E-state index is 12.0. The van der Waals surface area contributed by atoms with Gasteiger partial charge in [-0.25, -0.2) is 4.98 Å². The molecule has 6 nitrogen and oxygen atoms in total. The molecule has 122 valence electrons. The molecule has 1 N–H and O–H groups in total. The molecule has 3 rings (SSSR count). The van der Waals surface area contributed by atoms with Crippen LogP contribution in [0.5, 0.6) is 11.5 Å². The number of carbonyl (C=O) groups excluding carboxylic acids is 1. The van der Waals surface area contributed by atoms with Crippen molar-refractivity contribution in [1.29, 1.82) is 0 Å². The summed E-state index contributed by atoms with van der Waals surface area (Å²) in [6.45, 7) is 1.84. The van der Waals surface area contributed by atoms with Crippen molar-refractivity contribution in [3.63, 3.8) is 0 Å². The predicted molar refractivity (Wildman–Crippen MR) is 89.3 cm³/mol. The lowest BCUT2D eigenvalue weighted by Crippen LogP contribution is -2.25. The van der Waals surface area contributed by atoms with Crippen LogP contribution in [0.3, 0.4) is 0 Å². The smallest absolute Gasteiger partial charge is 0.264 e. The summed E-state index contributed by atoms with van der Waals surface area (Å²) in [6.07, 6.45) is 0.929. The number of hydrogen-bond acceptors (Lipinski definition) is 6. The SMILES string of the molecule is COc1cccc(OCC(=O)Nc2nc3c(s2)CN(C)CC3)c1. The minimum Gasteiger partial charge on any atom is -0.497 e. The molecule has 1 aliphatic heterocycles. The molecule has 0 atom stereocenters. The topological polar surface area (TPSA) is 63.7 Å². The van der Waals surface area contributed by atoms with E-state index in [1.165, 1.54) is 16.2 Å². The average molecular weight is 333 g/mol. The Morgan fingerprint density at radius 2 is 2.26 bits per heavy atom. The molecular weight excluding hydrogens is 314 g/mol. The van der Waals surface area contributed by atoms with Crippen LogP contribution in [-0.2, 0) is 17.8 Å². The number of benzene rings is 1. The molecule has 2 aromatic rings. The molecule has 0 saturated carbocycles. The first-order chi connectivity index (χ1) is 11.1. The number of anilines is 1. The van der Waals surface area contributed by atoms with Crippen LogP contribution >= 0.6 is 11.3 Å². The number of aromatic nitrogens is 1. The van der Waals surface area contributed by atoms with E-state index in [-0.39, 0.29) is 12.5 Å². The monoisotopic (exact) mass is 333 g/mol. The van der Waals surface area contributed by atoms with Crippen LogP contribution in [0.15, 0.2) is 24.3 Å². The number of ether oxygens (including phenoxy) is 2. The molecule has 1 aliphatic rings. The van der Waals surface area contributed by atoms with Crippen LogP contribution in [0.1, 0.15) is 10.6 Å². The van der Waals surface area contributed by atoms with Crippen molar-refractivity contribution in [2.75, 3.05) is 32.6 Å². The molecule has 1 aromatic heterocycles.